The van der Waals surface area contributed by atoms with Gasteiger partial charge in [-0.3, -0.25) is 9.69 Å². The lowest BCUT2D eigenvalue weighted by molar-refractivity contribution is -0.112. The monoisotopic (exact) mass is 441 g/mol. The smallest absolute Gasteiger partial charge is 0.152 e. The van der Waals surface area contributed by atoms with E-state index in [0.29, 0.717) is 17.8 Å². The van der Waals surface area contributed by atoms with Crippen LogP contribution in [0, 0.1) is 11.6 Å². The van der Waals surface area contributed by atoms with Gasteiger partial charge in [0.1, 0.15) is 34.7 Å². The summed E-state index contributed by atoms with van der Waals surface area (Å²) in [4.78, 5) is 13.0. The summed E-state index contributed by atoms with van der Waals surface area (Å²) in [6.07, 6.45) is 3.21. The Bertz CT molecular complexity index is 1180. The van der Waals surface area contributed by atoms with E-state index in [2.05, 4.69) is 0 Å². The molecule has 1 aromatic heterocycles. The van der Waals surface area contributed by atoms with Crippen molar-refractivity contribution >= 4 is 22.8 Å². The second-order valence-corrected chi connectivity index (χ2v) is 9.13. The van der Waals surface area contributed by atoms with E-state index in [1.165, 1.54) is 45.1 Å². The molecule has 0 radical (unpaired) electrons. The minimum atomic E-state index is -1.58. The molecule has 1 aliphatic rings. The van der Waals surface area contributed by atoms with E-state index in [9.17, 15) is 9.18 Å². The lowest BCUT2D eigenvalue weighted by atomic mass is 9.87. The Morgan fingerprint density at radius 3 is 2.50 bits per heavy atom. The van der Waals surface area contributed by atoms with Crippen LogP contribution in [0.1, 0.15) is 56.2 Å². The Balaban J connectivity index is 1.92. The molecule has 0 saturated carbocycles. The molecule has 3 aromatic rings. The van der Waals surface area contributed by atoms with Gasteiger partial charge in [0.05, 0.1) is 0 Å². The average molecular weight is 441 g/mol. The second-order valence-electron chi connectivity index (χ2n) is 9.13. The van der Waals surface area contributed by atoms with Crippen molar-refractivity contribution in [2.75, 3.05) is 6.54 Å². The number of hydrogen-bond acceptors (Lipinski definition) is 3. The molecule has 1 aliphatic heterocycles. The van der Waals surface area contributed by atoms with Gasteiger partial charge in [-0.05, 0) is 64.0 Å². The Kier molecular flexibility index (Phi) is 5.76. The summed E-state index contributed by atoms with van der Waals surface area (Å²) in [5.41, 5.74) is 0.0157. The number of carbonyl (C=O) groups excluding carboxylic acids is 1. The molecule has 4 rings (SSSR count). The fraction of sp³-hybridized carbons (Fsp3) is 0.346. The van der Waals surface area contributed by atoms with E-state index in [1.807, 2.05) is 31.2 Å². The van der Waals surface area contributed by atoms with Crippen LogP contribution in [0.15, 0.2) is 46.9 Å². The average Bonchev–Trinajstić information content (AvgIpc) is 3.05. The molecule has 0 amide bonds. The standard InChI is InChI=1S/C26H26F3NO2/c1-15-11-19-18-7-5-6-8-22(18)32-25(19)24(30(15)14-26(3,4)29)23-20(27)12-17(13-21(23)28)10-9-16(2)31/h5-10,12-13,15,24H,11,14H2,1-4H3/b10-9+. The molecule has 0 aliphatic carbocycles. The third-order valence-corrected chi connectivity index (χ3v) is 5.82. The van der Waals surface area contributed by atoms with Crippen LogP contribution in [0.4, 0.5) is 13.2 Å². The van der Waals surface area contributed by atoms with Crippen molar-refractivity contribution in [3.8, 4) is 0 Å². The zero-order valence-electron chi connectivity index (χ0n) is 18.6. The maximum atomic E-state index is 15.4. The molecule has 168 valence electrons. The molecule has 0 N–H and O–H groups in total. The maximum absolute atomic E-state index is 15.4. The number of hydrogen-bond donors (Lipinski definition) is 0. The number of fused-ring (bicyclic) bond motifs is 3. The molecule has 2 atom stereocenters. The fourth-order valence-corrected chi connectivity index (χ4v) is 4.52. The highest BCUT2D eigenvalue weighted by Gasteiger charge is 2.42. The van der Waals surface area contributed by atoms with Crippen LogP contribution < -0.4 is 0 Å². The van der Waals surface area contributed by atoms with Gasteiger partial charge in [0.15, 0.2) is 5.78 Å². The zero-order valence-corrected chi connectivity index (χ0v) is 18.6. The molecule has 0 bridgehead atoms. The van der Waals surface area contributed by atoms with Crippen molar-refractivity contribution in [3.63, 3.8) is 0 Å². The summed E-state index contributed by atoms with van der Waals surface area (Å²) >= 11 is 0. The summed E-state index contributed by atoms with van der Waals surface area (Å²) in [6.45, 7) is 6.19. The first-order valence-electron chi connectivity index (χ1n) is 10.7. The molecule has 2 heterocycles. The minimum absolute atomic E-state index is 0.0137. The van der Waals surface area contributed by atoms with Crippen LogP contribution in [-0.4, -0.2) is 28.9 Å². The first-order chi connectivity index (χ1) is 15.0. The number of allylic oxidation sites excluding steroid dienone is 1. The van der Waals surface area contributed by atoms with Gasteiger partial charge in [-0.1, -0.05) is 24.3 Å². The fourth-order valence-electron chi connectivity index (χ4n) is 4.52. The first kappa shape index (κ1) is 22.3. The van der Waals surface area contributed by atoms with Gasteiger partial charge < -0.3 is 4.42 Å². The number of nitrogens with zero attached hydrogens (tertiary/aromatic N) is 1. The Morgan fingerprint density at radius 2 is 1.88 bits per heavy atom. The van der Waals surface area contributed by atoms with E-state index < -0.39 is 23.3 Å². The van der Waals surface area contributed by atoms with Crippen molar-refractivity contribution in [1.82, 2.24) is 4.90 Å². The third-order valence-electron chi connectivity index (χ3n) is 5.82. The van der Waals surface area contributed by atoms with Crippen molar-refractivity contribution in [2.45, 2.75) is 51.9 Å². The molecule has 0 saturated heterocycles. The van der Waals surface area contributed by atoms with Crippen molar-refractivity contribution < 1.29 is 22.4 Å². The number of rotatable bonds is 5. The highest BCUT2D eigenvalue weighted by molar-refractivity contribution is 5.91. The van der Waals surface area contributed by atoms with Crippen molar-refractivity contribution in [1.29, 1.82) is 0 Å². The number of carbonyl (C=O) groups is 1. The largest absolute Gasteiger partial charge is 0.459 e. The maximum Gasteiger partial charge on any atom is 0.152 e. The SMILES string of the molecule is CC(=O)/C=C/c1cc(F)c(C2c3oc4ccccc4c3CC(C)N2CC(C)(C)F)c(F)c1. The molecule has 0 fully saturated rings. The molecular weight excluding hydrogens is 415 g/mol. The van der Waals surface area contributed by atoms with Gasteiger partial charge in [-0.25, -0.2) is 13.2 Å². The topological polar surface area (TPSA) is 33.5 Å². The van der Waals surface area contributed by atoms with E-state index in [-0.39, 0.29) is 29.5 Å². The minimum Gasteiger partial charge on any atom is -0.459 e. The van der Waals surface area contributed by atoms with Crippen LogP contribution in [-0.2, 0) is 11.2 Å². The molecule has 0 spiro atoms. The summed E-state index contributed by atoms with van der Waals surface area (Å²) < 4.78 is 51.6. The highest BCUT2D eigenvalue weighted by atomic mass is 19.1. The summed E-state index contributed by atoms with van der Waals surface area (Å²) in [7, 11) is 0. The third kappa shape index (κ3) is 4.24. The molecule has 32 heavy (non-hydrogen) atoms. The normalized spacial score (nSPS) is 19.6. The van der Waals surface area contributed by atoms with E-state index in [4.69, 9.17) is 4.42 Å². The Hall–Kier alpha value is -2.86. The quantitative estimate of drug-likeness (QED) is 0.430. The highest BCUT2D eigenvalue weighted by Crippen LogP contribution is 2.44. The van der Waals surface area contributed by atoms with E-state index >= 15 is 8.78 Å². The number of para-hydroxylation sites is 1. The van der Waals surface area contributed by atoms with Crippen molar-refractivity contribution in [2.24, 2.45) is 0 Å². The lowest BCUT2D eigenvalue weighted by Crippen LogP contribution is -2.48. The summed E-state index contributed by atoms with van der Waals surface area (Å²) in [5, 5.41) is 0.903. The Morgan fingerprint density at radius 1 is 1.22 bits per heavy atom. The molecule has 2 aromatic carbocycles. The number of ketones is 1. The van der Waals surface area contributed by atoms with Gasteiger partial charge in [-0.15, -0.1) is 0 Å². The second kappa shape index (κ2) is 8.24. The molecule has 6 heteroatoms. The number of furan rings is 1. The van der Waals surface area contributed by atoms with Crippen LogP contribution in [0.2, 0.25) is 0 Å². The summed E-state index contributed by atoms with van der Waals surface area (Å²) in [5.74, 6) is -1.31. The van der Waals surface area contributed by atoms with Gasteiger partial charge in [0.25, 0.3) is 0 Å². The van der Waals surface area contributed by atoms with Gasteiger partial charge in [0.2, 0.25) is 0 Å². The van der Waals surface area contributed by atoms with Crippen LogP contribution >= 0.6 is 0 Å². The predicted molar refractivity (Wildman–Crippen MR) is 119 cm³/mol. The predicted octanol–water partition coefficient (Wildman–Crippen LogP) is 6.40. The van der Waals surface area contributed by atoms with Gasteiger partial charge in [-0.2, -0.15) is 0 Å². The molecule has 2 unspecified atom stereocenters. The van der Waals surface area contributed by atoms with Gasteiger partial charge in [0, 0.05) is 29.1 Å². The van der Waals surface area contributed by atoms with Crippen LogP contribution in [0.5, 0.6) is 0 Å². The summed E-state index contributed by atoms with van der Waals surface area (Å²) in [6, 6.07) is 8.79. The Labute approximate surface area is 185 Å². The number of alkyl halides is 1. The van der Waals surface area contributed by atoms with Gasteiger partial charge >= 0.3 is 0 Å². The van der Waals surface area contributed by atoms with Crippen molar-refractivity contribution in [3.05, 3.63) is 76.6 Å². The van der Waals surface area contributed by atoms with E-state index in [0.717, 1.165) is 10.9 Å². The lowest BCUT2D eigenvalue weighted by Gasteiger charge is -2.42. The number of benzene rings is 2. The molecular formula is C26H26F3NO2. The zero-order chi connectivity index (χ0) is 23.2. The van der Waals surface area contributed by atoms with Crippen LogP contribution in [0.3, 0.4) is 0 Å². The molecule has 3 nitrogen and oxygen atoms in total. The number of halogens is 3. The first-order valence-corrected chi connectivity index (χ1v) is 10.7. The van der Waals surface area contributed by atoms with Crippen LogP contribution in [0.25, 0.3) is 17.0 Å². The van der Waals surface area contributed by atoms with E-state index in [1.54, 1.807) is 4.90 Å².